The first-order chi connectivity index (χ1) is 9.59. The Labute approximate surface area is 120 Å². The fraction of sp³-hybridized carbons (Fsp3) is 0.769. The molecule has 2 aliphatic heterocycles. The fourth-order valence-corrected chi connectivity index (χ4v) is 4.88. The van der Waals surface area contributed by atoms with Crippen LogP contribution in [-0.4, -0.2) is 60.0 Å². The molecule has 112 valence electrons. The standard InChI is InChI=1S/C13H22N4O2S/c1-11-13(10-14-15-11)20(18,19)17-8-4-12(5-9-17)16-6-2-3-7-16/h10,12H,2-9H2,1H3,(H,14,15). The predicted molar refractivity (Wildman–Crippen MR) is 75.9 cm³/mol. The van der Waals surface area contributed by atoms with Crippen LogP contribution in [-0.2, 0) is 10.0 Å². The predicted octanol–water partition coefficient (Wildman–Crippen LogP) is 0.967. The van der Waals surface area contributed by atoms with Crippen molar-refractivity contribution < 1.29 is 8.42 Å². The second-order valence-corrected chi connectivity index (χ2v) is 7.64. The molecule has 1 aromatic heterocycles. The number of aromatic nitrogens is 2. The highest BCUT2D eigenvalue weighted by molar-refractivity contribution is 7.89. The molecule has 6 nitrogen and oxygen atoms in total. The summed E-state index contributed by atoms with van der Waals surface area (Å²) in [6.45, 7) is 5.34. The van der Waals surface area contributed by atoms with Crippen LogP contribution in [0.3, 0.4) is 0 Å². The molecule has 20 heavy (non-hydrogen) atoms. The minimum Gasteiger partial charge on any atom is -0.300 e. The van der Waals surface area contributed by atoms with Crippen molar-refractivity contribution in [2.75, 3.05) is 26.2 Å². The van der Waals surface area contributed by atoms with Gasteiger partial charge in [-0.1, -0.05) is 0 Å². The summed E-state index contributed by atoms with van der Waals surface area (Å²) in [5.74, 6) is 0. The van der Waals surface area contributed by atoms with E-state index in [0.29, 0.717) is 29.7 Å². The second kappa shape index (κ2) is 5.46. The highest BCUT2D eigenvalue weighted by Gasteiger charge is 2.33. The number of hydrogen-bond donors (Lipinski definition) is 1. The Morgan fingerprint density at radius 3 is 2.40 bits per heavy atom. The van der Waals surface area contributed by atoms with E-state index in [2.05, 4.69) is 15.1 Å². The number of sulfonamides is 1. The van der Waals surface area contributed by atoms with E-state index in [1.807, 2.05) is 0 Å². The van der Waals surface area contributed by atoms with Crippen molar-refractivity contribution in [3.63, 3.8) is 0 Å². The molecule has 0 radical (unpaired) electrons. The van der Waals surface area contributed by atoms with Crippen molar-refractivity contribution in [3.8, 4) is 0 Å². The molecule has 0 spiro atoms. The summed E-state index contributed by atoms with van der Waals surface area (Å²) in [6, 6.07) is 0.564. The lowest BCUT2D eigenvalue weighted by Gasteiger charge is -2.35. The Hall–Kier alpha value is -0.920. The van der Waals surface area contributed by atoms with Gasteiger partial charge in [0.25, 0.3) is 0 Å². The third kappa shape index (κ3) is 2.49. The first kappa shape index (κ1) is 14.0. The maximum atomic E-state index is 12.5. The smallest absolute Gasteiger partial charge is 0.246 e. The summed E-state index contributed by atoms with van der Waals surface area (Å²) in [5, 5.41) is 6.53. The molecule has 3 rings (SSSR count). The monoisotopic (exact) mass is 298 g/mol. The van der Waals surface area contributed by atoms with Gasteiger partial charge < -0.3 is 4.90 Å². The number of aromatic amines is 1. The molecular weight excluding hydrogens is 276 g/mol. The topological polar surface area (TPSA) is 69.3 Å². The molecule has 3 heterocycles. The zero-order valence-electron chi connectivity index (χ0n) is 11.9. The van der Waals surface area contributed by atoms with Gasteiger partial charge >= 0.3 is 0 Å². The number of rotatable bonds is 3. The Morgan fingerprint density at radius 2 is 1.85 bits per heavy atom. The van der Waals surface area contributed by atoms with E-state index in [1.54, 1.807) is 11.2 Å². The third-order valence-corrected chi connectivity index (χ3v) is 6.49. The summed E-state index contributed by atoms with van der Waals surface area (Å²) in [7, 11) is -3.38. The van der Waals surface area contributed by atoms with Gasteiger partial charge in [0.15, 0.2) is 0 Å². The van der Waals surface area contributed by atoms with Gasteiger partial charge in [-0.3, -0.25) is 5.10 Å². The average Bonchev–Trinajstić information content (AvgIpc) is 3.10. The third-order valence-electron chi connectivity index (χ3n) is 4.48. The maximum absolute atomic E-state index is 12.5. The van der Waals surface area contributed by atoms with Crippen molar-refractivity contribution in [3.05, 3.63) is 11.9 Å². The van der Waals surface area contributed by atoms with Crippen LogP contribution in [0.1, 0.15) is 31.4 Å². The molecule has 0 saturated carbocycles. The number of aryl methyl sites for hydroxylation is 1. The van der Waals surface area contributed by atoms with Crippen molar-refractivity contribution in [1.82, 2.24) is 19.4 Å². The van der Waals surface area contributed by atoms with Gasteiger partial charge in [-0.15, -0.1) is 0 Å². The zero-order valence-corrected chi connectivity index (χ0v) is 12.7. The van der Waals surface area contributed by atoms with Crippen molar-refractivity contribution in [2.24, 2.45) is 0 Å². The lowest BCUT2D eigenvalue weighted by molar-refractivity contribution is 0.168. The quantitative estimate of drug-likeness (QED) is 0.902. The zero-order chi connectivity index (χ0) is 14.2. The van der Waals surface area contributed by atoms with Crippen LogP contribution in [0, 0.1) is 6.92 Å². The summed E-state index contributed by atoms with van der Waals surface area (Å²) in [4.78, 5) is 2.84. The largest absolute Gasteiger partial charge is 0.300 e. The molecule has 0 unspecified atom stereocenters. The van der Waals surface area contributed by atoms with Gasteiger partial charge in [0.2, 0.25) is 10.0 Å². The number of likely N-dealkylation sites (tertiary alicyclic amines) is 1. The van der Waals surface area contributed by atoms with Crippen LogP contribution >= 0.6 is 0 Å². The number of nitrogens with one attached hydrogen (secondary N) is 1. The Kier molecular flexibility index (Phi) is 3.83. The van der Waals surface area contributed by atoms with E-state index in [4.69, 9.17) is 0 Å². The minimum absolute atomic E-state index is 0.317. The number of piperidine rings is 1. The number of hydrogen-bond acceptors (Lipinski definition) is 4. The molecule has 7 heteroatoms. The van der Waals surface area contributed by atoms with Crippen LogP contribution in [0.25, 0.3) is 0 Å². The first-order valence-corrected chi connectivity index (χ1v) is 8.77. The fourth-order valence-electron chi connectivity index (χ4n) is 3.29. The van der Waals surface area contributed by atoms with Gasteiger partial charge in [-0.2, -0.15) is 9.40 Å². The maximum Gasteiger partial charge on any atom is 0.246 e. The second-order valence-electron chi connectivity index (χ2n) is 5.74. The summed E-state index contributed by atoms with van der Waals surface area (Å²) in [5.41, 5.74) is 0.617. The van der Waals surface area contributed by atoms with Crippen molar-refractivity contribution >= 4 is 10.0 Å². The van der Waals surface area contributed by atoms with E-state index >= 15 is 0 Å². The molecule has 2 aliphatic rings. The van der Waals surface area contributed by atoms with Crippen LogP contribution in [0.15, 0.2) is 11.1 Å². The SMILES string of the molecule is Cc1[nH]ncc1S(=O)(=O)N1CCC(N2CCCC2)CC1. The van der Waals surface area contributed by atoms with Gasteiger partial charge in [0, 0.05) is 19.1 Å². The first-order valence-electron chi connectivity index (χ1n) is 7.33. The Balaban J connectivity index is 1.67. The van der Waals surface area contributed by atoms with Crippen LogP contribution < -0.4 is 0 Å². The summed E-state index contributed by atoms with van der Waals surface area (Å²) < 4.78 is 26.7. The summed E-state index contributed by atoms with van der Waals surface area (Å²) >= 11 is 0. The Bertz CT molecular complexity index is 555. The van der Waals surface area contributed by atoms with E-state index in [1.165, 1.54) is 32.1 Å². The van der Waals surface area contributed by atoms with Crippen LogP contribution in [0.4, 0.5) is 0 Å². The lowest BCUT2D eigenvalue weighted by atomic mass is 10.1. The minimum atomic E-state index is -3.38. The molecule has 0 aliphatic carbocycles. The average molecular weight is 298 g/mol. The van der Waals surface area contributed by atoms with Crippen LogP contribution in [0.5, 0.6) is 0 Å². The number of nitrogens with zero attached hydrogens (tertiary/aromatic N) is 3. The lowest BCUT2D eigenvalue weighted by Crippen LogP contribution is -2.45. The number of H-pyrrole nitrogens is 1. The molecular formula is C13H22N4O2S. The van der Waals surface area contributed by atoms with E-state index in [0.717, 1.165) is 12.8 Å². The molecule has 1 N–H and O–H groups in total. The van der Waals surface area contributed by atoms with E-state index < -0.39 is 10.0 Å². The molecule has 0 aromatic carbocycles. The normalized spacial score (nSPS) is 23.4. The van der Waals surface area contributed by atoms with Crippen LogP contribution in [0.2, 0.25) is 0 Å². The van der Waals surface area contributed by atoms with Gasteiger partial charge in [0.1, 0.15) is 4.90 Å². The molecule has 0 atom stereocenters. The van der Waals surface area contributed by atoms with Crippen molar-refractivity contribution in [2.45, 2.75) is 43.5 Å². The molecule has 2 fully saturated rings. The van der Waals surface area contributed by atoms with E-state index in [9.17, 15) is 8.42 Å². The molecule has 2 saturated heterocycles. The molecule has 0 amide bonds. The van der Waals surface area contributed by atoms with Crippen molar-refractivity contribution in [1.29, 1.82) is 0 Å². The van der Waals surface area contributed by atoms with Gasteiger partial charge in [0.05, 0.1) is 11.9 Å². The van der Waals surface area contributed by atoms with E-state index in [-0.39, 0.29) is 0 Å². The Morgan fingerprint density at radius 1 is 1.20 bits per heavy atom. The summed E-state index contributed by atoms with van der Waals surface area (Å²) in [6.07, 6.45) is 5.86. The highest BCUT2D eigenvalue weighted by atomic mass is 32.2. The molecule has 0 bridgehead atoms. The highest BCUT2D eigenvalue weighted by Crippen LogP contribution is 2.25. The molecule has 1 aromatic rings. The van der Waals surface area contributed by atoms with Gasteiger partial charge in [-0.25, -0.2) is 8.42 Å². The van der Waals surface area contributed by atoms with Gasteiger partial charge in [-0.05, 0) is 45.7 Å².